The number of piperidine rings is 1. The summed E-state index contributed by atoms with van der Waals surface area (Å²) in [5.74, 6) is 0.963. The third-order valence-electron chi connectivity index (χ3n) is 8.13. The average molecular weight is 462 g/mol. The van der Waals surface area contributed by atoms with Gasteiger partial charge in [-0.15, -0.1) is 0 Å². The molecule has 2 atom stereocenters. The Hall–Kier alpha value is -2.35. The zero-order valence-corrected chi connectivity index (χ0v) is 20.6. The van der Waals surface area contributed by atoms with Crippen LogP contribution in [-0.4, -0.2) is 48.3 Å². The van der Waals surface area contributed by atoms with Gasteiger partial charge < -0.3 is 19.8 Å². The number of hydrogen-bond acceptors (Lipinski definition) is 5. The van der Waals surface area contributed by atoms with E-state index in [1.807, 2.05) is 39.8 Å². The number of amides is 1. The zero-order valence-electron chi connectivity index (χ0n) is 20.6. The number of carbonyl (C=O) groups is 1. The Bertz CT molecular complexity index is 1030. The quantitative estimate of drug-likeness (QED) is 0.667. The van der Waals surface area contributed by atoms with E-state index in [0.29, 0.717) is 23.1 Å². The van der Waals surface area contributed by atoms with E-state index in [0.717, 1.165) is 37.9 Å². The lowest BCUT2D eigenvalue weighted by Crippen LogP contribution is -2.47. The molecular formula is C27H35BN2O4. The fourth-order valence-electron chi connectivity index (χ4n) is 5.55. The summed E-state index contributed by atoms with van der Waals surface area (Å²) in [6, 6.07) is 16.2. The van der Waals surface area contributed by atoms with Gasteiger partial charge >= 0.3 is 7.12 Å². The number of primary amides is 1. The van der Waals surface area contributed by atoms with Crippen molar-refractivity contribution in [1.82, 2.24) is 4.90 Å². The van der Waals surface area contributed by atoms with Crippen LogP contribution in [0.4, 0.5) is 0 Å². The molecule has 2 aliphatic heterocycles. The van der Waals surface area contributed by atoms with Crippen LogP contribution in [0.3, 0.4) is 0 Å². The van der Waals surface area contributed by atoms with E-state index < -0.39 is 24.2 Å². The van der Waals surface area contributed by atoms with Gasteiger partial charge in [-0.2, -0.15) is 0 Å². The van der Waals surface area contributed by atoms with Crippen LogP contribution in [-0.2, 0) is 15.9 Å². The van der Waals surface area contributed by atoms with Crippen molar-refractivity contribution in [2.24, 2.45) is 17.6 Å². The lowest BCUT2D eigenvalue weighted by Gasteiger charge is -2.38. The van der Waals surface area contributed by atoms with E-state index in [9.17, 15) is 4.79 Å². The van der Waals surface area contributed by atoms with Crippen LogP contribution in [0.1, 0.15) is 56.5 Å². The molecule has 1 amide bonds. The Labute approximate surface area is 202 Å². The largest absolute Gasteiger partial charge is 0.494 e. The molecule has 3 fully saturated rings. The molecule has 6 nitrogen and oxygen atoms in total. The number of benzene rings is 2. The summed E-state index contributed by atoms with van der Waals surface area (Å²) < 4.78 is 18.8. The van der Waals surface area contributed by atoms with Crippen molar-refractivity contribution in [1.29, 1.82) is 0 Å². The Kier molecular flexibility index (Phi) is 5.99. The summed E-state index contributed by atoms with van der Waals surface area (Å²) in [6.45, 7) is 11.0. The molecule has 1 aliphatic carbocycles. The first-order valence-corrected chi connectivity index (χ1v) is 12.4. The van der Waals surface area contributed by atoms with Crippen LogP contribution in [0.5, 0.6) is 5.75 Å². The zero-order chi connectivity index (χ0) is 24.1. The predicted molar refractivity (Wildman–Crippen MR) is 133 cm³/mol. The SMILES string of the molecule is CC1(C)OB(c2ccc(OC3C4CCC3CN(Cc3ccccc3)C4)c(C(N)=O)c2)OC1(C)C. The lowest BCUT2D eigenvalue weighted by atomic mass is 9.78. The summed E-state index contributed by atoms with van der Waals surface area (Å²) in [5, 5.41) is 0. The highest BCUT2D eigenvalue weighted by molar-refractivity contribution is 6.62. The highest BCUT2D eigenvalue weighted by Crippen LogP contribution is 2.41. The molecule has 0 spiro atoms. The van der Waals surface area contributed by atoms with Crippen molar-refractivity contribution in [3.8, 4) is 5.75 Å². The third kappa shape index (κ3) is 4.37. The molecule has 3 aliphatic rings. The molecule has 1 saturated carbocycles. The van der Waals surface area contributed by atoms with Gasteiger partial charge in [0, 0.05) is 31.5 Å². The van der Waals surface area contributed by atoms with Crippen LogP contribution in [0.25, 0.3) is 0 Å². The number of likely N-dealkylation sites (tertiary alicyclic amines) is 1. The Balaban J connectivity index is 1.31. The van der Waals surface area contributed by atoms with Crippen LogP contribution in [0.2, 0.25) is 0 Å². The second kappa shape index (κ2) is 8.70. The van der Waals surface area contributed by atoms with Gasteiger partial charge in [-0.25, -0.2) is 0 Å². The number of carbonyl (C=O) groups excluding carboxylic acids is 1. The van der Waals surface area contributed by atoms with Crippen molar-refractivity contribution >= 4 is 18.5 Å². The highest BCUT2D eigenvalue weighted by atomic mass is 16.7. The molecule has 2 aromatic carbocycles. The van der Waals surface area contributed by atoms with Crippen molar-refractivity contribution in [3.05, 3.63) is 59.7 Å². The van der Waals surface area contributed by atoms with Gasteiger partial charge in [-0.05, 0) is 63.7 Å². The summed E-state index contributed by atoms with van der Waals surface area (Å²) in [4.78, 5) is 14.9. The maximum Gasteiger partial charge on any atom is 0.494 e. The Morgan fingerprint density at radius 1 is 1.03 bits per heavy atom. The number of nitrogens with two attached hydrogens (primary N) is 1. The first-order valence-electron chi connectivity index (χ1n) is 12.4. The minimum Gasteiger partial charge on any atom is -0.489 e. The maximum atomic E-state index is 12.4. The van der Waals surface area contributed by atoms with E-state index >= 15 is 0 Å². The minimum absolute atomic E-state index is 0.104. The van der Waals surface area contributed by atoms with Crippen molar-refractivity contribution < 1.29 is 18.8 Å². The van der Waals surface area contributed by atoms with Crippen molar-refractivity contribution in [2.75, 3.05) is 13.1 Å². The van der Waals surface area contributed by atoms with Crippen LogP contribution in [0.15, 0.2) is 48.5 Å². The van der Waals surface area contributed by atoms with E-state index in [1.54, 1.807) is 6.07 Å². The van der Waals surface area contributed by atoms with E-state index in [-0.39, 0.29) is 6.10 Å². The summed E-state index contributed by atoms with van der Waals surface area (Å²) in [5.41, 5.74) is 7.38. The highest BCUT2D eigenvalue weighted by Gasteiger charge is 2.52. The van der Waals surface area contributed by atoms with Gasteiger partial charge in [0.15, 0.2) is 0 Å². The second-order valence-corrected chi connectivity index (χ2v) is 11.1. The van der Waals surface area contributed by atoms with Gasteiger partial charge in [0.1, 0.15) is 11.9 Å². The molecular weight excluding hydrogens is 427 g/mol. The fourth-order valence-corrected chi connectivity index (χ4v) is 5.55. The van der Waals surface area contributed by atoms with Crippen molar-refractivity contribution in [2.45, 2.75) is 64.4 Å². The smallest absolute Gasteiger partial charge is 0.489 e. The molecule has 2 unspecified atom stereocenters. The molecule has 5 rings (SSSR count). The van der Waals surface area contributed by atoms with Crippen LogP contribution < -0.4 is 15.9 Å². The Morgan fingerprint density at radius 3 is 2.24 bits per heavy atom. The normalized spacial score (nSPS) is 27.6. The average Bonchev–Trinajstić information content (AvgIpc) is 3.14. The monoisotopic (exact) mass is 462 g/mol. The predicted octanol–water partition coefficient (Wildman–Crippen LogP) is 3.37. The molecule has 0 radical (unpaired) electrons. The summed E-state index contributed by atoms with van der Waals surface area (Å²) in [6.07, 6.45) is 2.41. The van der Waals surface area contributed by atoms with Gasteiger partial charge in [0.2, 0.25) is 0 Å². The fraction of sp³-hybridized carbons (Fsp3) is 0.519. The van der Waals surface area contributed by atoms with E-state index in [2.05, 4.69) is 35.2 Å². The van der Waals surface area contributed by atoms with Crippen LogP contribution in [0, 0.1) is 11.8 Å². The molecule has 2 aromatic rings. The van der Waals surface area contributed by atoms with Gasteiger partial charge in [0.05, 0.1) is 16.8 Å². The Morgan fingerprint density at radius 2 is 1.65 bits per heavy atom. The first kappa shape index (κ1) is 23.4. The summed E-state index contributed by atoms with van der Waals surface area (Å²) in [7, 11) is -0.547. The van der Waals surface area contributed by atoms with E-state index in [1.165, 1.54) is 5.56 Å². The molecule has 7 heteroatoms. The number of nitrogens with zero attached hydrogens (tertiary/aromatic N) is 1. The van der Waals surface area contributed by atoms with E-state index in [4.69, 9.17) is 19.8 Å². The number of fused-ring (bicyclic) bond motifs is 2. The van der Waals surface area contributed by atoms with Gasteiger partial charge in [-0.1, -0.05) is 36.4 Å². The lowest BCUT2D eigenvalue weighted by molar-refractivity contribution is 0.00578. The number of rotatable bonds is 6. The molecule has 0 aromatic heterocycles. The first-order chi connectivity index (χ1) is 16.1. The standard InChI is InChI=1S/C27H35BN2O4/c1-26(2)27(3,4)34-28(33-26)21-12-13-23(22(14-21)25(29)31)32-24-19-10-11-20(24)17-30(16-19)15-18-8-6-5-7-9-18/h5-9,12-14,19-20,24H,10-11,15-17H2,1-4H3,(H2,29,31). The topological polar surface area (TPSA) is 74.0 Å². The van der Waals surface area contributed by atoms with Gasteiger partial charge in [-0.3, -0.25) is 9.69 Å². The molecule has 180 valence electrons. The molecule has 2 heterocycles. The number of hydrogen-bond donors (Lipinski definition) is 1. The molecule has 34 heavy (non-hydrogen) atoms. The maximum absolute atomic E-state index is 12.4. The summed E-state index contributed by atoms with van der Waals surface area (Å²) >= 11 is 0. The van der Waals surface area contributed by atoms with Crippen LogP contribution >= 0.6 is 0 Å². The molecule has 2 bridgehead atoms. The van der Waals surface area contributed by atoms with Gasteiger partial charge in [0.25, 0.3) is 5.91 Å². The minimum atomic E-state index is -0.547. The second-order valence-electron chi connectivity index (χ2n) is 11.1. The number of ether oxygens (including phenoxy) is 1. The molecule has 2 saturated heterocycles. The van der Waals surface area contributed by atoms with Crippen molar-refractivity contribution in [3.63, 3.8) is 0 Å². The third-order valence-corrected chi connectivity index (χ3v) is 8.13. The molecule has 2 N–H and O–H groups in total.